The number of ether oxygens (including phenoxy) is 1. The molecule has 3 rings (SSSR count). The van der Waals surface area contributed by atoms with Crippen LogP contribution in [0.25, 0.3) is 0 Å². The molecule has 7 heteroatoms. The summed E-state index contributed by atoms with van der Waals surface area (Å²) in [5.74, 6) is 0.336. The number of hydrogen-bond acceptors (Lipinski definition) is 3. The number of benzene rings is 2. The molecule has 1 heterocycles. The van der Waals surface area contributed by atoms with E-state index < -0.39 is 5.41 Å². The van der Waals surface area contributed by atoms with Gasteiger partial charge in [0.1, 0.15) is 11.6 Å². The van der Waals surface area contributed by atoms with Gasteiger partial charge in [-0.15, -0.1) is 0 Å². The highest BCUT2D eigenvalue weighted by Gasteiger charge is 2.39. The van der Waals surface area contributed by atoms with Crippen molar-refractivity contribution in [1.82, 2.24) is 10.2 Å². The van der Waals surface area contributed by atoms with E-state index in [1.807, 2.05) is 26.0 Å². The van der Waals surface area contributed by atoms with Gasteiger partial charge in [-0.2, -0.15) is 0 Å². The summed E-state index contributed by atoms with van der Waals surface area (Å²) in [6, 6.07) is 13.0. The van der Waals surface area contributed by atoms with Crippen molar-refractivity contribution in [2.45, 2.75) is 33.2 Å². The van der Waals surface area contributed by atoms with Gasteiger partial charge in [0.15, 0.2) is 0 Å². The Hall–Kier alpha value is -3.09. The van der Waals surface area contributed by atoms with E-state index in [0.717, 1.165) is 17.7 Å². The quantitative estimate of drug-likeness (QED) is 0.747. The number of rotatable bonds is 6. The zero-order valence-corrected chi connectivity index (χ0v) is 17.4. The molecule has 160 valence electrons. The number of halogens is 1. The first-order valence-electron chi connectivity index (χ1n) is 10.2. The van der Waals surface area contributed by atoms with Crippen LogP contribution in [0.2, 0.25) is 0 Å². The largest absolute Gasteiger partial charge is 0.494 e. The average Bonchev–Trinajstić information content (AvgIpc) is 2.74. The van der Waals surface area contributed by atoms with Crippen LogP contribution in [0, 0.1) is 11.2 Å². The molecule has 0 radical (unpaired) electrons. The number of nitrogens with one attached hydrogen (secondary N) is 2. The van der Waals surface area contributed by atoms with E-state index in [1.54, 1.807) is 29.2 Å². The molecule has 30 heavy (non-hydrogen) atoms. The molecule has 1 saturated heterocycles. The van der Waals surface area contributed by atoms with Crippen molar-refractivity contribution >= 4 is 17.6 Å². The second-order valence-electron chi connectivity index (χ2n) is 7.78. The Kier molecular flexibility index (Phi) is 6.92. The Morgan fingerprint density at radius 2 is 1.83 bits per heavy atom. The van der Waals surface area contributed by atoms with Crippen LogP contribution in [-0.4, -0.2) is 36.5 Å². The van der Waals surface area contributed by atoms with Gasteiger partial charge in [0, 0.05) is 25.3 Å². The number of likely N-dealkylation sites (tertiary alicyclic amines) is 1. The van der Waals surface area contributed by atoms with Crippen LogP contribution < -0.4 is 15.4 Å². The molecule has 0 aromatic heterocycles. The number of hydrogen-bond donors (Lipinski definition) is 2. The predicted molar refractivity (Wildman–Crippen MR) is 114 cm³/mol. The van der Waals surface area contributed by atoms with Crippen LogP contribution in [-0.2, 0) is 11.3 Å². The van der Waals surface area contributed by atoms with E-state index in [-0.39, 0.29) is 17.8 Å². The van der Waals surface area contributed by atoms with Gasteiger partial charge in [0.25, 0.3) is 0 Å². The molecule has 0 bridgehead atoms. The van der Waals surface area contributed by atoms with E-state index >= 15 is 0 Å². The Bertz CT molecular complexity index is 870. The van der Waals surface area contributed by atoms with Crippen LogP contribution >= 0.6 is 0 Å². The summed E-state index contributed by atoms with van der Waals surface area (Å²) in [5, 5.41) is 5.81. The number of urea groups is 1. The zero-order chi connectivity index (χ0) is 21.6. The number of carbonyl (C=O) groups is 2. The van der Waals surface area contributed by atoms with E-state index in [9.17, 15) is 14.0 Å². The maximum Gasteiger partial charge on any atom is 0.321 e. The van der Waals surface area contributed by atoms with Gasteiger partial charge in [0.05, 0.1) is 12.0 Å². The van der Waals surface area contributed by atoms with Gasteiger partial charge in [-0.3, -0.25) is 4.79 Å². The summed E-state index contributed by atoms with van der Waals surface area (Å²) in [7, 11) is 0. The predicted octanol–water partition coefficient (Wildman–Crippen LogP) is 4.17. The molecule has 1 aliphatic heterocycles. The van der Waals surface area contributed by atoms with Gasteiger partial charge in [-0.25, -0.2) is 9.18 Å². The molecule has 0 spiro atoms. The van der Waals surface area contributed by atoms with Crippen LogP contribution in [0.1, 0.15) is 32.3 Å². The molecule has 1 atom stereocenters. The molecule has 2 aromatic carbocycles. The zero-order valence-electron chi connectivity index (χ0n) is 17.4. The number of carbonyl (C=O) groups excluding carboxylic acids is 2. The highest BCUT2D eigenvalue weighted by molar-refractivity contribution is 5.90. The Balaban J connectivity index is 1.56. The summed E-state index contributed by atoms with van der Waals surface area (Å²) >= 11 is 0. The van der Waals surface area contributed by atoms with Crippen molar-refractivity contribution in [2.75, 3.05) is 25.0 Å². The highest BCUT2D eigenvalue weighted by atomic mass is 19.1. The molecule has 2 N–H and O–H groups in total. The lowest BCUT2D eigenvalue weighted by Crippen LogP contribution is -2.52. The Morgan fingerprint density at radius 1 is 1.13 bits per heavy atom. The maximum atomic E-state index is 13.0. The average molecular weight is 413 g/mol. The van der Waals surface area contributed by atoms with Crippen LogP contribution in [0.5, 0.6) is 5.75 Å². The maximum absolute atomic E-state index is 13.0. The molecular weight excluding hydrogens is 385 g/mol. The van der Waals surface area contributed by atoms with Crippen molar-refractivity contribution in [1.29, 1.82) is 0 Å². The second-order valence-corrected chi connectivity index (χ2v) is 7.78. The first kappa shape index (κ1) is 21.6. The van der Waals surface area contributed by atoms with E-state index in [4.69, 9.17) is 4.74 Å². The monoisotopic (exact) mass is 413 g/mol. The lowest BCUT2D eigenvalue weighted by Gasteiger charge is -2.39. The minimum Gasteiger partial charge on any atom is -0.494 e. The van der Waals surface area contributed by atoms with Crippen molar-refractivity contribution in [3.63, 3.8) is 0 Å². The number of nitrogens with zero attached hydrogens (tertiary/aromatic N) is 1. The van der Waals surface area contributed by atoms with Crippen LogP contribution in [0.4, 0.5) is 14.9 Å². The number of amides is 3. The molecule has 0 saturated carbocycles. The highest BCUT2D eigenvalue weighted by Crippen LogP contribution is 2.30. The van der Waals surface area contributed by atoms with Gasteiger partial charge >= 0.3 is 6.03 Å². The molecule has 1 aliphatic rings. The summed E-state index contributed by atoms with van der Waals surface area (Å²) < 4.78 is 18.4. The Morgan fingerprint density at radius 3 is 2.50 bits per heavy atom. The van der Waals surface area contributed by atoms with Crippen LogP contribution in [0.3, 0.4) is 0 Å². The third-order valence-electron chi connectivity index (χ3n) is 5.31. The van der Waals surface area contributed by atoms with Crippen molar-refractivity contribution in [3.8, 4) is 5.75 Å². The van der Waals surface area contributed by atoms with Gasteiger partial charge in [-0.1, -0.05) is 12.1 Å². The summed E-state index contributed by atoms with van der Waals surface area (Å²) in [5.41, 5.74) is 0.833. The van der Waals surface area contributed by atoms with Gasteiger partial charge in [-0.05, 0) is 68.7 Å². The third-order valence-corrected chi connectivity index (χ3v) is 5.31. The first-order chi connectivity index (χ1) is 14.4. The van der Waals surface area contributed by atoms with Gasteiger partial charge < -0.3 is 20.3 Å². The third kappa shape index (κ3) is 5.49. The van der Waals surface area contributed by atoms with E-state index in [1.165, 1.54) is 12.1 Å². The molecule has 1 fully saturated rings. The molecule has 0 aliphatic carbocycles. The molecule has 3 amide bonds. The Labute approximate surface area is 176 Å². The molecular formula is C23H28FN3O3. The fraction of sp³-hybridized carbons (Fsp3) is 0.391. The fourth-order valence-corrected chi connectivity index (χ4v) is 3.60. The lowest BCUT2D eigenvalue weighted by molar-refractivity contribution is -0.132. The van der Waals surface area contributed by atoms with Crippen molar-refractivity contribution in [2.24, 2.45) is 5.41 Å². The van der Waals surface area contributed by atoms with E-state index in [2.05, 4.69) is 10.6 Å². The SMILES string of the molecule is CCOc1ccc(NC(=O)N2CCC[C@](C)(C(=O)NCc3ccc(F)cc3)C2)cc1. The summed E-state index contributed by atoms with van der Waals surface area (Å²) in [4.78, 5) is 27.2. The van der Waals surface area contributed by atoms with Crippen LogP contribution in [0.15, 0.2) is 48.5 Å². The molecule has 0 unspecified atom stereocenters. The first-order valence-corrected chi connectivity index (χ1v) is 10.2. The minimum absolute atomic E-state index is 0.106. The fourth-order valence-electron chi connectivity index (χ4n) is 3.60. The van der Waals surface area contributed by atoms with Crippen molar-refractivity contribution < 1.29 is 18.7 Å². The van der Waals surface area contributed by atoms with Gasteiger partial charge in [0.2, 0.25) is 5.91 Å². The minimum atomic E-state index is -0.672. The lowest BCUT2D eigenvalue weighted by atomic mass is 9.81. The summed E-state index contributed by atoms with van der Waals surface area (Å²) in [6.45, 7) is 5.64. The van der Waals surface area contributed by atoms with Crippen molar-refractivity contribution in [3.05, 3.63) is 59.9 Å². The second kappa shape index (κ2) is 9.61. The summed E-state index contributed by atoms with van der Waals surface area (Å²) in [6.07, 6.45) is 1.45. The number of anilines is 1. The smallest absolute Gasteiger partial charge is 0.321 e. The number of piperidine rings is 1. The molecule has 6 nitrogen and oxygen atoms in total. The topological polar surface area (TPSA) is 70.7 Å². The van der Waals surface area contributed by atoms with E-state index in [0.29, 0.717) is 38.3 Å². The normalized spacial score (nSPS) is 18.6. The molecule has 2 aromatic rings. The standard InChI is InChI=1S/C23H28FN3O3/c1-3-30-20-11-9-19(10-12-20)26-22(29)27-14-4-13-23(2,16-27)21(28)25-15-17-5-7-18(24)8-6-17/h5-12H,3-4,13-16H2,1-2H3,(H,25,28)(H,26,29)/t23-/m0/s1.